The van der Waals surface area contributed by atoms with Crippen molar-refractivity contribution in [3.05, 3.63) is 34.1 Å². The molecule has 0 saturated heterocycles. The molecule has 0 spiro atoms. The zero-order chi connectivity index (χ0) is 13.9. The average Bonchev–Trinajstić information content (AvgIpc) is 2.20. The topological polar surface area (TPSA) is 50.4 Å². The first kappa shape index (κ1) is 14.7. The summed E-state index contributed by atoms with van der Waals surface area (Å²) in [5.74, 6) is -1.19. The Morgan fingerprint density at radius 1 is 1.44 bits per heavy atom. The lowest BCUT2D eigenvalue weighted by Gasteiger charge is -2.10. The van der Waals surface area contributed by atoms with Gasteiger partial charge in [0.25, 0.3) is 0 Å². The Balaban J connectivity index is 3.13. The summed E-state index contributed by atoms with van der Waals surface area (Å²) >= 11 is 9.66. The summed E-state index contributed by atoms with van der Waals surface area (Å²) in [6.45, 7) is 0. The predicted octanol–water partition coefficient (Wildman–Crippen LogP) is 2.67. The Kier molecular flexibility index (Phi) is 4.47. The van der Waals surface area contributed by atoms with E-state index in [9.17, 15) is 17.6 Å². The summed E-state index contributed by atoms with van der Waals surface area (Å²) in [5.41, 5.74) is 5.76. The van der Waals surface area contributed by atoms with Crippen LogP contribution in [0.3, 0.4) is 0 Å². The van der Waals surface area contributed by atoms with Crippen molar-refractivity contribution in [1.29, 1.82) is 0 Å². The highest BCUT2D eigenvalue weighted by Gasteiger charge is 2.34. The van der Waals surface area contributed by atoms with Gasteiger partial charge in [-0.2, -0.15) is 18.3 Å². The highest BCUT2D eigenvalue weighted by molar-refractivity contribution is 7.80. The number of hydrazone groups is 1. The number of nitrogens with one attached hydrogen (secondary N) is 1. The molecule has 1 aromatic rings. The van der Waals surface area contributed by atoms with Gasteiger partial charge in [0.05, 0.1) is 16.8 Å². The predicted molar refractivity (Wildman–Crippen MR) is 63.9 cm³/mol. The number of benzene rings is 1. The Morgan fingerprint density at radius 2 is 2.06 bits per heavy atom. The molecule has 0 aliphatic rings. The number of nitrogens with zero attached hydrogens (tertiary/aromatic N) is 1. The molecule has 0 aliphatic carbocycles. The molecule has 0 bridgehead atoms. The van der Waals surface area contributed by atoms with Gasteiger partial charge in [-0.3, -0.25) is 5.43 Å². The van der Waals surface area contributed by atoms with Crippen molar-refractivity contribution < 1.29 is 17.6 Å². The van der Waals surface area contributed by atoms with Gasteiger partial charge in [-0.1, -0.05) is 11.6 Å². The maximum Gasteiger partial charge on any atom is 0.417 e. The molecule has 9 heteroatoms. The molecule has 0 heterocycles. The third-order valence-electron chi connectivity index (χ3n) is 1.74. The fourth-order valence-electron chi connectivity index (χ4n) is 1.06. The molecule has 0 aromatic heterocycles. The van der Waals surface area contributed by atoms with Crippen LogP contribution >= 0.6 is 23.8 Å². The van der Waals surface area contributed by atoms with E-state index in [-0.39, 0.29) is 10.7 Å². The van der Waals surface area contributed by atoms with Crippen LogP contribution in [0.15, 0.2) is 17.2 Å². The van der Waals surface area contributed by atoms with Gasteiger partial charge in [0, 0.05) is 0 Å². The number of hydrogen-bond donors (Lipinski definition) is 2. The van der Waals surface area contributed by atoms with Gasteiger partial charge in [0.15, 0.2) is 5.11 Å². The summed E-state index contributed by atoms with van der Waals surface area (Å²) in [4.78, 5) is 0. The fourth-order valence-corrected chi connectivity index (χ4v) is 1.33. The van der Waals surface area contributed by atoms with E-state index in [1.807, 2.05) is 0 Å². The van der Waals surface area contributed by atoms with E-state index in [1.54, 1.807) is 0 Å². The van der Waals surface area contributed by atoms with Crippen LogP contribution in [0.5, 0.6) is 0 Å². The van der Waals surface area contributed by atoms with E-state index < -0.39 is 22.6 Å². The first-order chi connectivity index (χ1) is 8.21. The standard InChI is InChI=1S/C9H6ClF4N3S/c10-7-5(9(12,13)14)1-4(2-6(7)11)3-16-17-8(15)18/h1-3H,(H3,15,17,18). The molecule has 0 saturated carbocycles. The lowest BCUT2D eigenvalue weighted by Crippen LogP contribution is -2.24. The van der Waals surface area contributed by atoms with Crippen LogP contribution in [0.2, 0.25) is 5.02 Å². The molecule has 1 rings (SSSR count). The lowest BCUT2D eigenvalue weighted by atomic mass is 10.1. The number of halogens is 5. The van der Waals surface area contributed by atoms with Crippen LogP contribution in [0.25, 0.3) is 0 Å². The highest BCUT2D eigenvalue weighted by Crippen LogP contribution is 2.36. The van der Waals surface area contributed by atoms with Crippen LogP contribution in [-0.4, -0.2) is 11.3 Å². The minimum Gasteiger partial charge on any atom is -0.375 e. The molecular weight excluding hydrogens is 294 g/mol. The highest BCUT2D eigenvalue weighted by atomic mass is 35.5. The van der Waals surface area contributed by atoms with Crippen molar-refractivity contribution in [3.8, 4) is 0 Å². The van der Waals surface area contributed by atoms with Gasteiger partial charge < -0.3 is 5.73 Å². The second-order valence-corrected chi connectivity index (χ2v) is 3.91. The summed E-state index contributed by atoms with van der Waals surface area (Å²) in [6.07, 6.45) is -3.81. The SMILES string of the molecule is NC(=S)NN=Cc1cc(F)c(Cl)c(C(F)(F)F)c1. The molecule has 0 unspecified atom stereocenters. The van der Waals surface area contributed by atoms with E-state index in [0.717, 1.165) is 12.3 Å². The van der Waals surface area contributed by atoms with Crippen LogP contribution < -0.4 is 11.2 Å². The van der Waals surface area contributed by atoms with Crippen LogP contribution in [0.1, 0.15) is 11.1 Å². The Morgan fingerprint density at radius 3 is 2.56 bits per heavy atom. The molecule has 0 atom stereocenters. The van der Waals surface area contributed by atoms with Crippen molar-refractivity contribution >= 4 is 35.1 Å². The van der Waals surface area contributed by atoms with Gasteiger partial charge in [0.1, 0.15) is 5.82 Å². The second-order valence-electron chi connectivity index (χ2n) is 3.10. The number of thiocarbonyl (C=S) groups is 1. The molecular formula is C9H6ClF4N3S. The zero-order valence-electron chi connectivity index (χ0n) is 8.55. The van der Waals surface area contributed by atoms with E-state index >= 15 is 0 Å². The van der Waals surface area contributed by atoms with Crippen molar-refractivity contribution in [2.75, 3.05) is 0 Å². The van der Waals surface area contributed by atoms with Crippen molar-refractivity contribution in [2.24, 2.45) is 10.8 Å². The first-order valence-corrected chi connectivity index (χ1v) is 5.15. The van der Waals surface area contributed by atoms with Crippen LogP contribution in [-0.2, 0) is 6.18 Å². The third-order valence-corrected chi connectivity index (χ3v) is 2.22. The molecule has 3 nitrogen and oxygen atoms in total. The third kappa shape index (κ3) is 3.81. The smallest absolute Gasteiger partial charge is 0.375 e. The van der Waals surface area contributed by atoms with Gasteiger partial charge >= 0.3 is 6.18 Å². The van der Waals surface area contributed by atoms with Gasteiger partial charge in [-0.15, -0.1) is 0 Å². The number of alkyl halides is 3. The van der Waals surface area contributed by atoms with E-state index in [0.29, 0.717) is 6.07 Å². The fraction of sp³-hybridized carbons (Fsp3) is 0.111. The number of nitrogens with two attached hydrogens (primary N) is 1. The van der Waals surface area contributed by atoms with Gasteiger partial charge in [-0.05, 0) is 29.9 Å². The summed E-state index contributed by atoms with van der Waals surface area (Å²) in [5, 5.41) is 2.26. The Hall–Kier alpha value is -1.41. The van der Waals surface area contributed by atoms with Crippen LogP contribution in [0, 0.1) is 5.82 Å². The number of rotatable bonds is 2. The molecule has 0 fully saturated rings. The minimum atomic E-state index is -4.75. The average molecular weight is 300 g/mol. The molecule has 1 aromatic carbocycles. The first-order valence-electron chi connectivity index (χ1n) is 4.36. The minimum absolute atomic E-state index is 0.132. The molecule has 3 N–H and O–H groups in total. The van der Waals surface area contributed by atoms with E-state index in [2.05, 4.69) is 22.7 Å². The summed E-state index contributed by atoms with van der Waals surface area (Å²) in [7, 11) is 0. The summed E-state index contributed by atoms with van der Waals surface area (Å²) in [6, 6.07) is 1.47. The lowest BCUT2D eigenvalue weighted by molar-refractivity contribution is -0.137. The molecule has 18 heavy (non-hydrogen) atoms. The zero-order valence-corrected chi connectivity index (χ0v) is 10.1. The maximum absolute atomic E-state index is 13.2. The quantitative estimate of drug-likeness (QED) is 0.382. The van der Waals surface area contributed by atoms with Crippen molar-refractivity contribution in [3.63, 3.8) is 0 Å². The molecule has 0 radical (unpaired) electrons. The second kappa shape index (κ2) is 5.49. The largest absolute Gasteiger partial charge is 0.417 e. The molecule has 0 amide bonds. The van der Waals surface area contributed by atoms with E-state index in [1.165, 1.54) is 0 Å². The molecule has 0 aliphatic heterocycles. The van der Waals surface area contributed by atoms with E-state index in [4.69, 9.17) is 17.3 Å². The summed E-state index contributed by atoms with van der Waals surface area (Å²) < 4.78 is 50.7. The molecule has 98 valence electrons. The Labute approximate surface area is 110 Å². The van der Waals surface area contributed by atoms with Crippen molar-refractivity contribution in [1.82, 2.24) is 5.43 Å². The monoisotopic (exact) mass is 299 g/mol. The normalized spacial score (nSPS) is 11.8. The van der Waals surface area contributed by atoms with Gasteiger partial charge in [0.2, 0.25) is 0 Å². The Bertz CT molecular complexity index is 501. The number of hydrogen-bond acceptors (Lipinski definition) is 2. The van der Waals surface area contributed by atoms with Gasteiger partial charge in [-0.25, -0.2) is 4.39 Å². The van der Waals surface area contributed by atoms with Crippen LogP contribution in [0.4, 0.5) is 17.6 Å². The maximum atomic E-state index is 13.2. The van der Waals surface area contributed by atoms with Crippen molar-refractivity contribution in [2.45, 2.75) is 6.18 Å².